The first-order valence-corrected chi connectivity index (χ1v) is 7.65. The molecule has 1 rings (SSSR count). The van der Waals surface area contributed by atoms with Gasteiger partial charge in [0.1, 0.15) is 0 Å². The minimum absolute atomic E-state index is 0.0308. The van der Waals surface area contributed by atoms with Gasteiger partial charge in [-0.1, -0.05) is 23.7 Å². The molecule has 0 amide bonds. The molecule has 0 fully saturated rings. The summed E-state index contributed by atoms with van der Waals surface area (Å²) < 4.78 is 12.2. The topological polar surface area (TPSA) is 40.9 Å². The zero-order chi connectivity index (χ0) is 13.8. The van der Waals surface area contributed by atoms with Gasteiger partial charge >= 0.3 is 0 Å². The molecular formula is C14H18ClNOS. The van der Waals surface area contributed by atoms with Crippen LogP contribution in [0.4, 0.5) is 0 Å². The first kappa shape index (κ1) is 15.2. The van der Waals surface area contributed by atoms with Crippen molar-refractivity contribution in [3.63, 3.8) is 0 Å². The van der Waals surface area contributed by atoms with E-state index in [1.54, 1.807) is 0 Å². The molecule has 0 N–H and O–H groups in total. The summed E-state index contributed by atoms with van der Waals surface area (Å²) in [5.74, 6) is 0.546. The van der Waals surface area contributed by atoms with E-state index in [0.717, 1.165) is 5.56 Å². The van der Waals surface area contributed by atoms with E-state index in [1.165, 1.54) is 0 Å². The van der Waals surface area contributed by atoms with Crippen LogP contribution in [0.1, 0.15) is 38.0 Å². The van der Waals surface area contributed by atoms with Crippen LogP contribution in [0.3, 0.4) is 0 Å². The van der Waals surface area contributed by atoms with Crippen LogP contribution in [-0.2, 0) is 10.8 Å². The van der Waals surface area contributed by atoms with E-state index < -0.39 is 16.2 Å². The van der Waals surface area contributed by atoms with Crippen molar-refractivity contribution in [3.8, 4) is 6.07 Å². The fraction of sp³-hybridized carbons (Fsp3) is 0.500. The second kappa shape index (κ2) is 6.36. The van der Waals surface area contributed by atoms with Crippen LogP contribution in [0.15, 0.2) is 24.3 Å². The summed E-state index contributed by atoms with van der Waals surface area (Å²) in [7, 11) is -0.965. The largest absolute Gasteiger partial charge is 0.259 e. The summed E-state index contributed by atoms with van der Waals surface area (Å²) in [6.07, 6.45) is 0.647. The molecule has 0 aliphatic heterocycles. The lowest BCUT2D eigenvalue weighted by Crippen LogP contribution is -2.15. The summed E-state index contributed by atoms with van der Waals surface area (Å²) in [6.45, 7) is 5.69. The molecule has 0 saturated carbocycles. The van der Waals surface area contributed by atoms with Gasteiger partial charge in [0.15, 0.2) is 0 Å². The van der Waals surface area contributed by atoms with Gasteiger partial charge in [-0.15, -0.1) is 0 Å². The van der Waals surface area contributed by atoms with Crippen molar-refractivity contribution < 1.29 is 4.21 Å². The predicted molar refractivity (Wildman–Crippen MR) is 76.9 cm³/mol. The minimum atomic E-state index is -0.965. The van der Waals surface area contributed by atoms with Crippen molar-refractivity contribution in [2.24, 2.45) is 5.41 Å². The Hall–Kier alpha value is -0.850. The van der Waals surface area contributed by atoms with E-state index >= 15 is 0 Å². The average Bonchev–Trinajstić information content (AvgIpc) is 2.36. The highest BCUT2D eigenvalue weighted by Crippen LogP contribution is 2.25. The molecule has 18 heavy (non-hydrogen) atoms. The zero-order valence-corrected chi connectivity index (χ0v) is 12.5. The molecule has 2 atom stereocenters. The van der Waals surface area contributed by atoms with Crippen molar-refractivity contribution in [1.82, 2.24) is 0 Å². The number of hydrogen-bond donors (Lipinski definition) is 0. The van der Waals surface area contributed by atoms with E-state index in [-0.39, 0.29) is 5.25 Å². The Morgan fingerprint density at radius 2 is 1.94 bits per heavy atom. The Kier molecular flexibility index (Phi) is 5.37. The lowest BCUT2D eigenvalue weighted by atomic mass is 9.93. The zero-order valence-electron chi connectivity index (χ0n) is 10.9. The highest BCUT2D eigenvalue weighted by molar-refractivity contribution is 7.85. The number of hydrogen-bond acceptors (Lipinski definition) is 2. The van der Waals surface area contributed by atoms with Gasteiger partial charge in [-0.25, -0.2) is 0 Å². The van der Waals surface area contributed by atoms with Gasteiger partial charge in [-0.2, -0.15) is 5.26 Å². The third-order valence-electron chi connectivity index (χ3n) is 2.96. The number of rotatable bonds is 5. The second-order valence-electron chi connectivity index (χ2n) is 5.02. The van der Waals surface area contributed by atoms with E-state index in [0.29, 0.717) is 17.2 Å². The molecule has 0 radical (unpaired) electrons. The molecule has 0 heterocycles. The third kappa shape index (κ3) is 4.44. The van der Waals surface area contributed by atoms with Crippen LogP contribution in [0.5, 0.6) is 0 Å². The summed E-state index contributed by atoms with van der Waals surface area (Å²) in [5, 5.41) is 9.58. The molecule has 0 aromatic heterocycles. The fourth-order valence-corrected chi connectivity index (χ4v) is 3.13. The number of nitrogens with zero attached hydrogens (tertiary/aromatic N) is 1. The van der Waals surface area contributed by atoms with Crippen LogP contribution < -0.4 is 0 Å². The molecule has 98 valence electrons. The molecule has 1 aromatic carbocycles. The van der Waals surface area contributed by atoms with Crippen LogP contribution in [-0.4, -0.2) is 9.96 Å². The number of benzene rings is 1. The maximum absolute atomic E-state index is 12.2. The first-order valence-electron chi connectivity index (χ1n) is 5.89. The Bertz CT molecular complexity index is 462. The van der Waals surface area contributed by atoms with Crippen LogP contribution in [0, 0.1) is 16.7 Å². The van der Waals surface area contributed by atoms with Crippen LogP contribution in [0.25, 0.3) is 0 Å². The predicted octanol–water partition coefficient (Wildman–Crippen LogP) is 4.09. The third-order valence-corrected chi connectivity index (χ3v) is 4.88. The van der Waals surface area contributed by atoms with Crippen LogP contribution >= 0.6 is 11.6 Å². The highest BCUT2D eigenvalue weighted by Gasteiger charge is 2.20. The van der Waals surface area contributed by atoms with Gasteiger partial charge in [-0.05, 0) is 44.9 Å². The molecular weight excluding hydrogens is 266 g/mol. The Morgan fingerprint density at radius 1 is 1.39 bits per heavy atom. The van der Waals surface area contributed by atoms with Gasteiger partial charge in [0.2, 0.25) is 0 Å². The van der Waals surface area contributed by atoms with Gasteiger partial charge in [0.05, 0.1) is 16.7 Å². The number of halogens is 1. The Morgan fingerprint density at radius 3 is 2.44 bits per heavy atom. The average molecular weight is 284 g/mol. The summed E-state index contributed by atoms with van der Waals surface area (Å²) in [5.41, 5.74) is 0.613. The SMILES string of the molecule is C[C@@H](c1ccc(Cl)cc1)[S@](=O)CCC(C)(C)C#N. The monoisotopic (exact) mass is 283 g/mol. The van der Waals surface area contributed by atoms with Crippen molar-refractivity contribution in [1.29, 1.82) is 5.26 Å². The molecule has 0 aliphatic rings. The van der Waals surface area contributed by atoms with E-state index in [9.17, 15) is 4.21 Å². The maximum atomic E-state index is 12.2. The number of nitriles is 1. The Balaban J connectivity index is 2.63. The van der Waals surface area contributed by atoms with Gasteiger partial charge in [0.25, 0.3) is 0 Å². The van der Waals surface area contributed by atoms with Crippen molar-refractivity contribution in [2.75, 3.05) is 5.75 Å². The van der Waals surface area contributed by atoms with E-state index in [4.69, 9.17) is 16.9 Å². The second-order valence-corrected chi connectivity index (χ2v) is 7.34. The molecule has 4 heteroatoms. The quantitative estimate of drug-likeness (QED) is 0.817. The molecule has 0 bridgehead atoms. The van der Waals surface area contributed by atoms with Gasteiger partial charge in [-0.3, -0.25) is 4.21 Å². The first-order chi connectivity index (χ1) is 8.35. The van der Waals surface area contributed by atoms with Crippen molar-refractivity contribution in [2.45, 2.75) is 32.4 Å². The molecule has 2 nitrogen and oxygen atoms in total. The smallest absolute Gasteiger partial charge is 0.0684 e. The van der Waals surface area contributed by atoms with Gasteiger partial charge in [0, 0.05) is 21.6 Å². The lowest BCUT2D eigenvalue weighted by molar-refractivity contribution is 0.478. The van der Waals surface area contributed by atoms with Crippen molar-refractivity contribution >= 4 is 22.4 Å². The minimum Gasteiger partial charge on any atom is -0.259 e. The maximum Gasteiger partial charge on any atom is 0.0684 e. The molecule has 0 aliphatic carbocycles. The summed E-state index contributed by atoms with van der Waals surface area (Å²) in [6, 6.07) is 9.66. The fourth-order valence-electron chi connectivity index (χ4n) is 1.47. The normalized spacial score (nSPS) is 14.8. The standard InChI is InChI=1S/C14H18ClNOS/c1-11(12-4-6-13(15)7-5-12)18(17)9-8-14(2,3)10-16/h4-7,11H,8-9H2,1-3H3/t11-,18+/m0/s1. The van der Waals surface area contributed by atoms with E-state index in [2.05, 4.69) is 6.07 Å². The molecule has 1 aromatic rings. The Labute approximate surface area is 116 Å². The highest BCUT2D eigenvalue weighted by atomic mass is 35.5. The molecule has 0 unspecified atom stereocenters. The summed E-state index contributed by atoms with van der Waals surface area (Å²) in [4.78, 5) is 0. The summed E-state index contributed by atoms with van der Waals surface area (Å²) >= 11 is 5.82. The van der Waals surface area contributed by atoms with Gasteiger partial charge < -0.3 is 0 Å². The lowest BCUT2D eigenvalue weighted by Gasteiger charge is -2.17. The molecule has 0 spiro atoms. The van der Waals surface area contributed by atoms with Crippen LogP contribution in [0.2, 0.25) is 5.02 Å². The van der Waals surface area contributed by atoms with Crippen molar-refractivity contribution in [3.05, 3.63) is 34.9 Å². The van der Waals surface area contributed by atoms with E-state index in [1.807, 2.05) is 45.0 Å². The molecule has 0 saturated heterocycles.